The summed E-state index contributed by atoms with van der Waals surface area (Å²) in [5.74, 6) is -0.639. The highest BCUT2D eigenvalue weighted by Gasteiger charge is 2.25. The topological polar surface area (TPSA) is 86.9 Å². The highest BCUT2D eigenvalue weighted by Crippen LogP contribution is 2.07. The number of carbonyl (C=O) groups excluding carboxylic acids is 2. The number of urea groups is 1. The summed E-state index contributed by atoms with van der Waals surface area (Å²) < 4.78 is 0. The molecule has 0 bridgehead atoms. The Hall–Kier alpha value is -1.92. The fourth-order valence-corrected chi connectivity index (χ4v) is 1.88. The summed E-state index contributed by atoms with van der Waals surface area (Å²) in [6.07, 6.45) is -0.400. The third kappa shape index (κ3) is 5.93. The highest BCUT2D eigenvalue weighted by atomic mass is 16.3. The van der Waals surface area contributed by atoms with E-state index in [1.807, 2.05) is 49.3 Å². The van der Waals surface area contributed by atoms with Crippen molar-refractivity contribution in [3.8, 4) is 0 Å². The number of amides is 3. The summed E-state index contributed by atoms with van der Waals surface area (Å²) in [5, 5.41) is 9.95. The van der Waals surface area contributed by atoms with Crippen molar-refractivity contribution in [2.75, 3.05) is 27.2 Å². The van der Waals surface area contributed by atoms with Crippen LogP contribution in [0.15, 0.2) is 30.3 Å². The molecule has 0 unspecified atom stereocenters. The molecule has 0 aliphatic carbocycles. The number of aliphatic hydroxyl groups is 1. The molecule has 0 saturated heterocycles. The van der Waals surface area contributed by atoms with Gasteiger partial charge in [-0.1, -0.05) is 30.3 Å². The molecule has 0 spiro atoms. The van der Waals surface area contributed by atoms with Crippen LogP contribution in [0.4, 0.5) is 4.79 Å². The quantitative estimate of drug-likeness (QED) is 0.764. The van der Waals surface area contributed by atoms with Gasteiger partial charge in [0.2, 0.25) is 0 Å². The van der Waals surface area contributed by atoms with Gasteiger partial charge < -0.3 is 15.7 Å². The van der Waals surface area contributed by atoms with E-state index in [0.29, 0.717) is 13.0 Å². The Balaban J connectivity index is 2.55. The number of carbonyl (C=O) groups is 2. The molecule has 1 aromatic rings. The molecule has 0 saturated carbocycles. The number of likely N-dealkylation sites (N-methyl/N-ethyl adjacent to an activating group) is 1. The van der Waals surface area contributed by atoms with E-state index in [1.54, 1.807) is 0 Å². The predicted molar refractivity (Wildman–Crippen MR) is 80.6 cm³/mol. The van der Waals surface area contributed by atoms with Crippen molar-refractivity contribution in [3.05, 3.63) is 35.9 Å². The molecule has 3 N–H and O–H groups in total. The number of rotatable bonds is 7. The van der Waals surface area contributed by atoms with Crippen molar-refractivity contribution in [2.24, 2.45) is 5.73 Å². The van der Waals surface area contributed by atoms with E-state index in [9.17, 15) is 14.7 Å². The molecule has 0 aliphatic rings. The van der Waals surface area contributed by atoms with Crippen LogP contribution >= 0.6 is 0 Å². The highest BCUT2D eigenvalue weighted by molar-refractivity contribution is 5.95. The minimum atomic E-state index is -1.22. The first kappa shape index (κ1) is 17.1. The van der Waals surface area contributed by atoms with Crippen LogP contribution in [-0.4, -0.2) is 60.1 Å². The van der Waals surface area contributed by atoms with Gasteiger partial charge in [0.05, 0.1) is 0 Å². The van der Waals surface area contributed by atoms with Crippen molar-refractivity contribution in [1.29, 1.82) is 0 Å². The van der Waals surface area contributed by atoms with Gasteiger partial charge in [0.15, 0.2) is 0 Å². The lowest BCUT2D eigenvalue weighted by molar-refractivity contribution is -0.137. The Morgan fingerprint density at radius 2 is 1.81 bits per heavy atom. The number of hydrogen-bond donors (Lipinski definition) is 2. The van der Waals surface area contributed by atoms with Gasteiger partial charge in [-0.3, -0.25) is 9.69 Å². The average molecular weight is 293 g/mol. The smallest absolute Gasteiger partial charge is 0.321 e. The van der Waals surface area contributed by atoms with E-state index >= 15 is 0 Å². The number of benzene rings is 1. The Kier molecular flexibility index (Phi) is 6.84. The van der Waals surface area contributed by atoms with Crippen molar-refractivity contribution in [1.82, 2.24) is 9.80 Å². The largest absolute Gasteiger partial charge is 0.383 e. The molecule has 1 rings (SSSR count). The summed E-state index contributed by atoms with van der Waals surface area (Å²) in [7, 11) is 3.66. The molecule has 0 aromatic heterocycles. The maximum Gasteiger partial charge on any atom is 0.321 e. The van der Waals surface area contributed by atoms with Crippen LogP contribution in [-0.2, 0) is 11.2 Å². The van der Waals surface area contributed by atoms with Crippen LogP contribution in [0, 0.1) is 0 Å². The summed E-state index contributed by atoms with van der Waals surface area (Å²) in [6.45, 7) is 0.670. The summed E-state index contributed by atoms with van der Waals surface area (Å²) in [4.78, 5) is 26.1. The molecule has 116 valence electrons. The predicted octanol–water partition coefficient (Wildman–Crippen LogP) is 0.449. The second-order valence-electron chi connectivity index (χ2n) is 5.17. The Bertz CT molecular complexity index is 462. The lowest BCUT2D eigenvalue weighted by Gasteiger charge is -2.23. The van der Waals surface area contributed by atoms with Crippen molar-refractivity contribution < 1.29 is 14.7 Å². The fourth-order valence-electron chi connectivity index (χ4n) is 1.88. The zero-order valence-electron chi connectivity index (χ0n) is 12.5. The molecular formula is C15H23N3O3. The summed E-state index contributed by atoms with van der Waals surface area (Å²) >= 11 is 0. The third-order valence-corrected chi connectivity index (χ3v) is 3.14. The van der Waals surface area contributed by atoms with Gasteiger partial charge in [0, 0.05) is 13.1 Å². The van der Waals surface area contributed by atoms with Crippen LogP contribution < -0.4 is 5.73 Å². The number of aryl methyl sites for hydroxylation is 1. The van der Waals surface area contributed by atoms with E-state index in [2.05, 4.69) is 0 Å². The number of nitrogens with two attached hydrogens (primary N) is 1. The average Bonchev–Trinajstić information content (AvgIpc) is 2.45. The van der Waals surface area contributed by atoms with Gasteiger partial charge in [-0.25, -0.2) is 4.79 Å². The molecule has 6 nitrogen and oxygen atoms in total. The first-order chi connectivity index (χ1) is 9.91. The maximum atomic E-state index is 12.1. The Morgan fingerprint density at radius 3 is 2.33 bits per heavy atom. The van der Waals surface area contributed by atoms with E-state index in [4.69, 9.17) is 5.73 Å². The van der Waals surface area contributed by atoms with Gasteiger partial charge in [-0.05, 0) is 32.5 Å². The minimum absolute atomic E-state index is 0.170. The SMILES string of the molecule is CN(C)CCN(C(N)=O)C(=O)[C@@H](O)CCc1ccccc1. The van der Waals surface area contributed by atoms with Crippen molar-refractivity contribution >= 4 is 11.9 Å². The van der Waals surface area contributed by atoms with Crippen LogP contribution in [0.2, 0.25) is 0 Å². The molecule has 1 aromatic carbocycles. The molecule has 21 heavy (non-hydrogen) atoms. The number of primary amides is 1. The first-order valence-electron chi connectivity index (χ1n) is 6.89. The molecule has 6 heteroatoms. The lowest BCUT2D eigenvalue weighted by Crippen LogP contribution is -2.48. The zero-order valence-corrected chi connectivity index (χ0v) is 12.5. The van der Waals surface area contributed by atoms with E-state index in [0.717, 1.165) is 10.5 Å². The number of aliphatic hydroxyl groups excluding tert-OH is 1. The monoisotopic (exact) mass is 293 g/mol. The van der Waals surface area contributed by atoms with Gasteiger partial charge in [0.25, 0.3) is 5.91 Å². The maximum absolute atomic E-state index is 12.1. The van der Waals surface area contributed by atoms with E-state index in [-0.39, 0.29) is 13.0 Å². The van der Waals surface area contributed by atoms with E-state index < -0.39 is 18.0 Å². The second kappa shape index (κ2) is 8.39. The second-order valence-corrected chi connectivity index (χ2v) is 5.17. The minimum Gasteiger partial charge on any atom is -0.383 e. The number of nitrogens with zero attached hydrogens (tertiary/aromatic N) is 2. The normalized spacial score (nSPS) is 12.2. The molecule has 0 aliphatic heterocycles. The molecule has 1 atom stereocenters. The standard InChI is InChI=1S/C15H23N3O3/c1-17(2)10-11-18(15(16)21)14(20)13(19)9-8-12-6-4-3-5-7-12/h3-7,13,19H,8-11H2,1-2H3,(H2,16,21)/t13-/m0/s1. The van der Waals surface area contributed by atoms with Crippen LogP contribution in [0.5, 0.6) is 0 Å². The fraction of sp³-hybridized carbons (Fsp3) is 0.467. The molecule has 0 heterocycles. The van der Waals surface area contributed by atoms with Crippen molar-refractivity contribution in [3.63, 3.8) is 0 Å². The van der Waals surface area contributed by atoms with Gasteiger partial charge in [0.1, 0.15) is 6.10 Å². The molecule has 0 fully saturated rings. The van der Waals surface area contributed by atoms with E-state index in [1.165, 1.54) is 0 Å². The van der Waals surface area contributed by atoms with Gasteiger partial charge in [-0.15, -0.1) is 0 Å². The first-order valence-corrected chi connectivity index (χ1v) is 6.89. The Morgan fingerprint density at radius 1 is 1.19 bits per heavy atom. The third-order valence-electron chi connectivity index (χ3n) is 3.14. The van der Waals surface area contributed by atoms with Crippen molar-refractivity contribution in [2.45, 2.75) is 18.9 Å². The van der Waals surface area contributed by atoms with Gasteiger partial charge >= 0.3 is 6.03 Å². The lowest BCUT2D eigenvalue weighted by atomic mass is 10.1. The van der Waals surface area contributed by atoms with Crippen LogP contribution in [0.25, 0.3) is 0 Å². The van der Waals surface area contributed by atoms with Crippen LogP contribution in [0.1, 0.15) is 12.0 Å². The Labute approximate surface area is 125 Å². The number of imide groups is 1. The number of hydrogen-bond acceptors (Lipinski definition) is 4. The molecule has 3 amide bonds. The molecule has 0 radical (unpaired) electrons. The van der Waals surface area contributed by atoms with Gasteiger partial charge in [-0.2, -0.15) is 0 Å². The van der Waals surface area contributed by atoms with Crippen LogP contribution in [0.3, 0.4) is 0 Å². The summed E-state index contributed by atoms with van der Waals surface area (Å²) in [5.41, 5.74) is 6.24. The zero-order chi connectivity index (χ0) is 15.8. The molecular weight excluding hydrogens is 270 g/mol. The summed E-state index contributed by atoms with van der Waals surface area (Å²) in [6, 6.07) is 8.72.